The maximum absolute atomic E-state index is 12.3. The molecule has 0 radical (unpaired) electrons. The molecule has 1 aromatic heterocycles. The van der Waals surface area contributed by atoms with Crippen LogP contribution in [0.25, 0.3) is 0 Å². The van der Waals surface area contributed by atoms with Crippen molar-refractivity contribution in [1.82, 2.24) is 4.98 Å². The van der Waals surface area contributed by atoms with Gasteiger partial charge >= 0.3 is 0 Å². The largest absolute Gasteiger partial charge is 0.497 e. The Labute approximate surface area is 125 Å². The van der Waals surface area contributed by atoms with Crippen LogP contribution >= 0.6 is 15.9 Å². The molecule has 2 aromatic rings. The van der Waals surface area contributed by atoms with Gasteiger partial charge in [-0.05, 0) is 46.3 Å². The van der Waals surface area contributed by atoms with Crippen molar-refractivity contribution in [1.29, 1.82) is 0 Å². The summed E-state index contributed by atoms with van der Waals surface area (Å²) in [6.07, 6.45) is 1.56. The minimum absolute atomic E-state index is 0.287. The quantitative estimate of drug-likeness (QED) is 0.871. The van der Waals surface area contributed by atoms with Crippen LogP contribution in [0.4, 0.5) is 5.69 Å². The lowest BCUT2D eigenvalue weighted by Gasteiger charge is -2.10. The molecule has 6 heteroatoms. The Kier molecular flexibility index (Phi) is 4.57. The smallest absolute Gasteiger partial charge is 0.259 e. The number of aromatic nitrogens is 1. The summed E-state index contributed by atoms with van der Waals surface area (Å²) in [6, 6.07) is 8.55. The summed E-state index contributed by atoms with van der Waals surface area (Å²) in [5.74, 6) is 0.781. The number of methoxy groups -OCH3 is 2. The summed E-state index contributed by atoms with van der Waals surface area (Å²) in [7, 11) is 3.06. The zero-order valence-corrected chi connectivity index (χ0v) is 12.6. The normalized spacial score (nSPS) is 9.95. The summed E-state index contributed by atoms with van der Waals surface area (Å²) in [5, 5.41) is 2.75. The van der Waals surface area contributed by atoms with Crippen molar-refractivity contribution in [2.45, 2.75) is 0 Å². The zero-order valence-electron chi connectivity index (χ0n) is 11.0. The lowest BCUT2D eigenvalue weighted by molar-refractivity contribution is 0.102. The number of nitrogens with zero attached hydrogens (tertiary/aromatic N) is 1. The van der Waals surface area contributed by atoms with E-state index in [4.69, 9.17) is 9.47 Å². The van der Waals surface area contributed by atoms with E-state index in [1.807, 2.05) is 0 Å². The van der Waals surface area contributed by atoms with Crippen LogP contribution in [-0.2, 0) is 0 Å². The van der Waals surface area contributed by atoms with Crippen LogP contribution in [0, 0.1) is 0 Å². The number of anilines is 1. The Morgan fingerprint density at radius 2 is 2.00 bits per heavy atom. The van der Waals surface area contributed by atoms with Crippen LogP contribution in [-0.4, -0.2) is 25.1 Å². The third kappa shape index (κ3) is 3.27. The lowest BCUT2D eigenvalue weighted by atomic mass is 10.1. The number of nitrogens with one attached hydrogen (secondary N) is 1. The summed E-state index contributed by atoms with van der Waals surface area (Å²) >= 11 is 3.24. The fraction of sp³-hybridized carbons (Fsp3) is 0.143. The summed E-state index contributed by atoms with van der Waals surface area (Å²) in [5.41, 5.74) is 0.998. The SMILES string of the molecule is COc1ccc(OC)c(C(=O)Nc2ccc(Br)nc2)c1. The highest BCUT2D eigenvalue weighted by atomic mass is 79.9. The molecule has 0 atom stereocenters. The van der Waals surface area contributed by atoms with Gasteiger partial charge in [0, 0.05) is 0 Å². The molecule has 2 rings (SSSR count). The molecule has 0 fully saturated rings. The lowest BCUT2D eigenvalue weighted by Crippen LogP contribution is -2.13. The first kappa shape index (κ1) is 14.3. The first-order valence-corrected chi connectivity index (χ1v) is 6.58. The number of carbonyl (C=O) groups excluding carboxylic acids is 1. The molecule has 0 aliphatic rings. The molecule has 20 heavy (non-hydrogen) atoms. The molecule has 0 aliphatic carbocycles. The number of ether oxygens (including phenoxy) is 2. The van der Waals surface area contributed by atoms with Gasteiger partial charge in [-0.15, -0.1) is 0 Å². The summed E-state index contributed by atoms with van der Waals surface area (Å²) in [6.45, 7) is 0. The second kappa shape index (κ2) is 6.38. The molecular weight excluding hydrogens is 324 g/mol. The highest BCUT2D eigenvalue weighted by molar-refractivity contribution is 9.10. The predicted octanol–water partition coefficient (Wildman–Crippen LogP) is 3.11. The van der Waals surface area contributed by atoms with Gasteiger partial charge in [-0.25, -0.2) is 4.98 Å². The second-order valence-corrected chi connectivity index (χ2v) is 4.70. The Bertz CT molecular complexity index is 614. The summed E-state index contributed by atoms with van der Waals surface area (Å²) < 4.78 is 11.0. The van der Waals surface area contributed by atoms with E-state index in [1.165, 1.54) is 7.11 Å². The average Bonchev–Trinajstić information content (AvgIpc) is 2.48. The topological polar surface area (TPSA) is 60.5 Å². The monoisotopic (exact) mass is 336 g/mol. The van der Waals surface area contributed by atoms with Gasteiger partial charge in [0.15, 0.2) is 0 Å². The third-order valence-electron chi connectivity index (χ3n) is 2.64. The summed E-state index contributed by atoms with van der Waals surface area (Å²) in [4.78, 5) is 16.3. The van der Waals surface area contributed by atoms with Crippen LogP contribution in [0.2, 0.25) is 0 Å². The number of pyridine rings is 1. The van der Waals surface area contributed by atoms with Crippen molar-refractivity contribution in [3.05, 3.63) is 46.7 Å². The van der Waals surface area contributed by atoms with Gasteiger partial charge in [0.25, 0.3) is 5.91 Å². The molecular formula is C14H13BrN2O3. The first-order valence-electron chi connectivity index (χ1n) is 5.79. The van der Waals surface area contributed by atoms with E-state index in [9.17, 15) is 4.79 Å². The minimum Gasteiger partial charge on any atom is -0.497 e. The molecule has 1 N–H and O–H groups in total. The highest BCUT2D eigenvalue weighted by Crippen LogP contribution is 2.25. The van der Waals surface area contributed by atoms with Crippen LogP contribution < -0.4 is 14.8 Å². The van der Waals surface area contributed by atoms with Gasteiger partial charge in [-0.2, -0.15) is 0 Å². The Morgan fingerprint density at radius 3 is 2.60 bits per heavy atom. The van der Waals surface area contributed by atoms with Gasteiger partial charge in [0.1, 0.15) is 16.1 Å². The second-order valence-electron chi connectivity index (χ2n) is 3.89. The van der Waals surface area contributed by atoms with Crippen molar-refractivity contribution < 1.29 is 14.3 Å². The van der Waals surface area contributed by atoms with Gasteiger partial charge in [-0.3, -0.25) is 4.79 Å². The third-order valence-corrected chi connectivity index (χ3v) is 3.11. The van der Waals surface area contributed by atoms with E-state index in [-0.39, 0.29) is 5.91 Å². The average molecular weight is 337 g/mol. The van der Waals surface area contributed by atoms with Gasteiger partial charge in [0.2, 0.25) is 0 Å². The minimum atomic E-state index is -0.287. The predicted molar refractivity (Wildman–Crippen MR) is 79.4 cm³/mol. The number of benzene rings is 1. The fourth-order valence-corrected chi connectivity index (χ4v) is 1.87. The molecule has 0 unspecified atom stereocenters. The molecule has 0 aliphatic heterocycles. The molecule has 1 heterocycles. The van der Waals surface area contributed by atoms with Crippen LogP contribution in [0.3, 0.4) is 0 Å². The number of carbonyl (C=O) groups is 1. The van der Waals surface area contributed by atoms with Gasteiger partial charge in [-0.1, -0.05) is 0 Å². The molecule has 1 aromatic carbocycles. The molecule has 0 bridgehead atoms. The Morgan fingerprint density at radius 1 is 1.20 bits per heavy atom. The van der Waals surface area contributed by atoms with Crippen molar-refractivity contribution in [2.24, 2.45) is 0 Å². The van der Waals surface area contributed by atoms with Gasteiger partial charge < -0.3 is 14.8 Å². The standard InChI is InChI=1S/C14H13BrN2O3/c1-19-10-4-5-12(20-2)11(7-10)14(18)17-9-3-6-13(15)16-8-9/h3-8H,1-2H3,(H,17,18). The van der Waals surface area contributed by atoms with E-state index in [0.717, 1.165) is 0 Å². The van der Waals surface area contributed by atoms with E-state index >= 15 is 0 Å². The molecule has 0 spiro atoms. The molecule has 104 valence electrons. The highest BCUT2D eigenvalue weighted by Gasteiger charge is 2.14. The fourth-order valence-electron chi connectivity index (χ4n) is 1.64. The van der Waals surface area contributed by atoms with Crippen LogP contribution in [0.5, 0.6) is 11.5 Å². The van der Waals surface area contributed by atoms with Crippen molar-refractivity contribution in [3.8, 4) is 11.5 Å². The number of halogens is 1. The van der Waals surface area contributed by atoms with Crippen molar-refractivity contribution in [3.63, 3.8) is 0 Å². The van der Waals surface area contributed by atoms with E-state index < -0.39 is 0 Å². The van der Waals surface area contributed by atoms with E-state index in [2.05, 4.69) is 26.2 Å². The number of amides is 1. The van der Waals surface area contributed by atoms with E-state index in [1.54, 1.807) is 43.6 Å². The van der Waals surface area contributed by atoms with Crippen LogP contribution in [0.15, 0.2) is 41.1 Å². The molecule has 5 nitrogen and oxygen atoms in total. The van der Waals surface area contributed by atoms with Crippen LogP contribution in [0.1, 0.15) is 10.4 Å². The van der Waals surface area contributed by atoms with E-state index in [0.29, 0.717) is 27.4 Å². The Hall–Kier alpha value is -2.08. The molecule has 0 saturated carbocycles. The molecule has 0 saturated heterocycles. The Balaban J connectivity index is 2.25. The number of rotatable bonds is 4. The maximum Gasteiger partial charge on any atom is 0.259 e. The van der Waals surface area contributed by atoms with Gasteiger partial charge in [0.05, 0.1) is 31.7 Å². The zero-order chi connectivity index (χ0) is 14.5. The maximum atomic E-state index is 12.3. The molecule has 1 amide bonds. The first-order chi connectivity index (χ1) is 9.63. The van der Waals surface area contributed by atoms with Crippen molar-refractivity contribution in [2.75, 3.05) is 19.5 Å². The number of hydrogen-bond donors (Lipinski definition) is 1. The number of hydrogen-bond acceptors (Lipinski definition) is 4. The van der Waals surface area contributed by atoms with Crippen molar-refractivity contribution >= 4 is 27.5 Å².